The molecule has 8 heteroatoms. The first-order valence-electron chi connectivity index (χ1n) is 8.24. The normalized spacial score (nSPS) is 13.3. The average Bonchev–Trinajstić information content (AvgIpc) is 2.69. The van der Waals surface area contributed by atoms with E-state index in [2.05, 4.69) is 0 Å². The lowest BCUT2D eigenvalue weighted by molar-refractivity contribution is 0.0820. The first kappa shape index (κ1) is 21.3. The number of hydrogen-bond donors (Lipinski definition) is 2. The van der Waals surface area contributed by atoms with Gasteiger partial charge in [0, 0.05) is 6.42 Å². The third kappa shape index (κ3) is 6.30. The van der Waals surface area contributed by atoms with Crippen LogP contribution in [0.3, 0.4) is 0 Å². The Bertz CT molecular complexity index is 728. The van der Waals surface area contributed by atoms with Gasteiger partial charge in [-0.15, -0.1) is 11.6 Å². The van der Waals surface area contributed by atoms with Gasteiger partial charge in [0.05, 0.1) is 5.88 Å². The average molecular weight is 405 g/mol. The molecular formula is C19H20ClF3O4. The van der Waals surface area contributed by atoms with E-state index in [0.717, 1.165) is 5.56 Å². The Labute approximate surface area is 160 Å². The first-order valence-corrected chi connectivity index (χ1v) is 8.77. The molecule has 0 unspecified atom stereocenters. The number of ether oxygens (including phenoxy) is 2. The van der Waals surface area contributed by atoms with Crippen molar-refractivity contribution in [2.45, 2.75) is 18.6 Å². The molecule has 0 bridgehead atoms. The van der Waals surface area contributed by atoms with E-state index in [0.29, 0.717) is 5.75 Å². The van der Waals surface area contributed by atoms with Gasteiger partial charge in [-0.25, -0.2) is 8.78 Å². The molecule has 2 atom stereocenters. The highest BCUT2D eigenvalue weighted by Crippen LogP contribution is 2.25. The summed E-state index contributed by atoms with van der Waals surface area (Å²) in [6.45, 7) is -1.44. The van der Waals surface area contributed by atoms with E-state index >= 15 is 0 Å². The van der Waals surface area contributed by atoms with E-state index in [1.165, 1.54) is 12.1 Å². The molecule has 0 aliphatic carbocycles. The number of aliphatic hydroxyl groups is 2. The standard InChI is InChI=1S/C19H20ClF3O4/c20-8-14(24)10-26-16-4-1-12(2-5-16)7-13-3-6-17(19(23)18(13)22)27-11-15(25)9-21/h1-6,14-15,24-25H,7-11H2/t14-,15-/m0/s1. The van der Waals surface area contributed by atoms with Gasteiger partial charge in [-0.3, -0.25) is 0 Å². The van der Waals surface area contributed by atoms with Crippen LogP contribution in [0.15, 0.2) is 36.4 Å². The Morgan fingerprint density at radius 3 is 2.19 bits per heavy atom. The molecule has 0 aliphatic heterocycles. The zero-order chi connectivity index (χ0) is 19.8. The van der Waals surface area contributed by atoms with Crippen LogP contribution in [0.4, 0.5) is 13.2 Å². The molecule has 0 amide bonds. The van der Waals surface area contributed by atoms with Crippen molar-refractivity contribution in [3.05, 3.63) is 59.2 Å². The molecule has 0 aliphatic rings. The largest absolute Gasteiger partial charge is 0.491 e. The van der Waals surface area contributed by atoms with Crippen LogP contribution in [-0.4, -0.2) is 48.2 Å². The Balaban J connectivity index is 2.01. The van der Waals surface area contributed by atoms with Gasteiger partial charge in [0.1, 0.15) is 37.8 Å². The summed E-state index contributed by atoms with van der Waals surface area (Å²) >= 11 is 5.48. The summed E-state index contributed by atoms with van der Waals surface area (Å²) < 4.78 is 50.7. The van der Waals surface area contributed by atoms with Gasteiger partial charge in [0.15, 0.2) is 11.6 Å². The number of hydrogen-bond acceptors (Lipinski definition) is 4. The Kier molecular flexibility index (Phi) is 8.22. The predicted molar refractivity (Wildman–Crippen MR) is 95.3 cm³/mol. The zero-order valence-corrected chi connectivity index (χ0v) is 15.1. The Morgan fingerprint density at radius 1 is 0.889 bits per heavy atom. The fourth-order valence-electron chi connectivity index (χ4n) is 2.21. The van der Waals surface area contributed by atoms with E-state index in [4.69, 9.17) is 26.2 Å². The van der Waals surface area contributed by atoms with E-state index in [1.807, 2.05) is 0 Å². The summed E-state index contributed by atoms with van der Waals surface area (Å²) in [6, 6.07) is 9.31. The van der Waals surface area contributed by atoms with Gasteiger partial charge in [0.2, 0.25) is 5.82 Å². The first-order chi connectivity index (χ1) is 12.9. The van der Waals surface area contributed by atoms with Gasteiger partial charge >= 0.3 is 0 Å². The Morgan fingerprint density at radius 2 is 1.56 bits per heavy atom. The van der Waals surface area contributed by atoms with Crippen LogP contribution >= 0.6 is 11.6 Å². The molecule has 0 radical (unpaired) electrons. The maximum absolute atomic E-state index is 14.2. The van der Waals surface area contributed by atoms with Gasteiger partial charge in [-0.1, -0.05) is 18.2 Å². The van der Waals surface area contributed by atoms with Crippen LogP contribution in [-0.2, 0) is 6.42 Å². The zero-order valence-electron chi connectivity index (χ0n) is 14.4. The number of rotatable bonds is 10. The minimum Gasteiger partial charge on any atom is -0.491 e. The van der Waals surface area contributed by atoms with Crippen LogP contribution in [0, 0.1) is 11.6 Å². The van der Waals surface area contributed by atoms with Crippen LogP contribution in [0.1, 0.15) is 11.1 Å². The summed E-state index contributed by atoms with van der Waals surface area (Å²) in [4.78, 5) is 0. The fraction of sp³-hybridized carbons (Fsp3) is 0.368. The highest BCUT2D eigenvalue weighted by Gasteiger charge is 2.16. The molecule has 4 nitrogen and oxygen atoms in total. The molecule has 2 rings (SSSR count). The smallest absolute Gasteiger partial charge is 0.200 e. The molecule has 0 heterocycles. The second-order valence-corrected chi connectivity index (χ2v) is 6.22. The number of aliphatic hydroxyl groups excluding tert-OH is 2. The van der Waals surface area contributed by atoms with E-state index in [1.54, 1.807) is 24.3 Å². The second kappa shape index (κ2) is 10.4. The topological polar surface area (TPSA) is 58.9 Å². The lowest BCUT2D eigenvalue weighted by atomic mass is 10.0. The van der Waals surface area contributed by atoms with Gasteiger partial charge in [-0.05, 0) is 29.3 Å². The highest BCUT2D eigenvalue weighted by molar-refractivity contribution is 6.18. The predicted octanol–water partition coefficient (Wildman–Crippen LogP) is 3.24. The van der Waals surface area contributed by atoms with Crippen molar-refractivity contribution >= 4 is 11.6 Å². The Hall–Kier alpha value is -1.96. The van der Waals surface area contributed by atoms with Crippen molar-refractivity contribution in [2.75, 3.05) is 25.8 Å². The van der Waals surface area contributed by atoms with Gasteiger partial charge in [-0.2, -0.15) is 4.39 Å². The number of halogens is 4. The molecule has 27 heavy (non-hydrogen) atoms. The van der Waals surface area contributed by atoms with Crippen LogP contribution < -0.4 is 9.47 Å². The van der Waals surface area contributed by atoms with E-state index in [-0.39, 0.29) is 30.2 Å². The lowest BCUT2D eigenvalue weighted by Crippen LogP contribution is -2.20. The molecule has 0 aromatic heterocycles. The monoisotopic (exact) mass is 404 g/mol. The molecule has 2 aromatic carbocycles. The summed E-state index contributed by atoms with van der Waals surface area (Å²) in [5.74, 6) is -2.05. The quantitative estimate of drug-likeness (QED) is 0.597. The lowest BCUT2D eigenvalue weighted by Gasteiger charge is -2.12. The summed E-state index contributed by atoms with van der Waals surface area (Å²) in [6.07, 6.45) is -2.02. The van der Waals surface area contributed by atoms with Crippen molar-refractivity contribution < 1.29 is 32.9 Å². The summed E-state index contributed by atoms with van der Waals surface area (Å²) in [7, 11) is 0. The molecule has 0 spiro atoms. The maximum Gasteiger partial charge on any atom is 0.200 e. The molecular weight excluding hydrogens is 385 g/mol. The number of alkyl halides is 2. The molecule has 148 valence electrons. The fourth-order valence-corrected chi connectivity index (χ4v) is 2.30. The minimum absolute atomic E-state index is 0.0568. The maximum atomic E-state index is 14.2. The highest BCUT2D eigenvalue weighted by atomic mass is 35.5. The molecule has 2 N–H and O–H groups in total. The summed E-state index contributed by atoms with van der Waals surface area (Å²) in [5, 5.41) is 18.4. The van der Waals surface area contributed by atoms with Crippen molar-refractivity contribution in [1.82, 2.24) is 0 Å². The van der Waals surface area contributed by atoms with Crippen LogP contribution in [0.2, 0.25) is 0 Å². The minimum atomic E-state index is -1.39. The van der Waals surface area contributed by atoms with Gasteiger partial charge < -0.3 is 19.7 Å². The van der Waals surface area contributed by atoms with Gasteiger partial charge in [0.25, 0.3) is 0 Å². The molecule has 2 aromatic rings. The van der Waals surface area contributed by atoms with Crippen LogP contribution in [0.5, 0.6) is 11.5 Å². The third-order valence-electron chi connectivity index (χ3n) is 3.67. The SMILES string of the molecule is O[C@@H](CCl)COc1ccc(Cc2ccc(OC[C@@H](O)CF)c(F)c2F)cc1. The van der Waals surface area contributed by atoms with Crippen molar-refractivity contribution in [3.8, 4) is 11.5 Å². The van der Waals surface area contributed by atoms with Crippen molar-refractivity contribution in [3.63, 3.8) is 0 Å². The van der Waals surface area contributed by atoms with E-state index < -0.39 is 37.1 Å². The molecule has 0 saturated heterocycles. The van der Waals surface area contributed by atoms with Crippen molar-refractivity contribution in [1.29, 1.82) is 0 Å². The second-order valence-electron chi connectivity index (χ2n) is 5.91. The summed E-state index contributed by atoms with van der Waals surface area (Å²) in [5.41, 5.74) is 0.845. The van der Waals surface area contributed by atoms with E-state index in [9.17, 15) is 18.3 Å². The number of benzene rings is 2. The third-order valence-corrected chi connectivity index (χ3v) is 4.03. The molecule has 0 fully saturated rings. The molecule has 0 saturated carbocycles. The van der Waals surface area contributed by atoms with Crippen LogP contribution in [0.25, 0.3) is 0 Å². The van der Waals surface area contributed by atoms with Crippen molar-refractivity contribution in [2.24, 2.45) is 0 Å².